The van der Waals surface area contributed by atoms with Crippen molar-refractivity contribution in [1.82, 2.24) is 0 Å². The predicted octanol–water partition coefficient (Wildman–Crippen LogP) is 2.83. The van der Waals surface area contributed by atoms with Gasteiger partial charge in [-0.2, -0.15) is 0 Å². The molecule has 0 atom stereocenters. The second kappa shape index (κ2) is 6.96. The molecule has 0 saturated carbocycles. The quantitative estimate of drug-likeness (QED) is 0.877. The first-order valence-corrected chi connectivity index (χ1v) is 6.87. The minimum atomic E-state index is 0.581. The Morgan fingerprint density at radius 2 is 1.75 bits per heavy atom. The van der Waals surface area contributed by atoms with Crippen molar-refractivity contribution < 1.29 is 4.74 Å². The lowest BCUT2D eigenvalue weighted by atomic mass is 10.1. The van der Waals surface area contributed by atoms with E-state index in [9.17, 15) is 0 Å². The van der Waals surface area contributed by atoms with Crippen LogP contribution in [-0.2, 0) is 13.0 Å². The molecule has 0 unspecified atom stereocenters. The Morgan fingerprint density at radius 1 is 1.00 bits per heavy atom. The molecule has 0 bridgehead atoms. The molecule has 2 aromatic rings. The van der Waals surface area contributed by atoms with E-state index in [-0.39, 0.29) is 0 Å². The number of hydrogen-bond donors (Lipinski definition) is 1. The molecular weight excluding hydrogens is 248 g/mol. The predicted molar refractivity (Wildman–Crippen MR) is 84.3 cm³/mol. The Bertz CT molecular complexity index is 535. The van der Waals surface area contributed by atoms with E-state index in [1.807, 2.05) is 26.2 Å². The van der Waals surface area contributed by atoms with Crippen molar-refractivity contribution in [3.05, 3.63) is 59.7 Å². The first-order chi connectivity index (χ1) is 9.69. The topological polar surface area (TPSA) is 38.5 Å². The Balaban J connectivity index is 1.96. The number of ether oxygens (including phenoxy) is 1. The fourth-order valence-corrected chi connectivity index (χ4v) is 2.01. The van der Waals surface area contributed by atoms with Crippen LogP contribution in [0.15, 0.2) is 48.5 Å². The summed E-state index contributed by atoms with van der Waals surface area (Å²) in [5.74, 6) is 0.890. The second-order valence-electron chi connectivity index (χ2n) is 5.04. The highest BCUT2D eigenvalue weighted by molar-refractivity contribution is 5.47. The zero-order valence-corrected chi connectivity index (χ0v) is 12.2. The fraction of sp³-hybridized carbons (Fsp3) is 0.294. The molecule has 0 aliphatic heterocycles. The zero-order valence-electron chi connectivity index (χ0n) is 12.2. The van der Waals surface area contributed by atoms with Gasteiger partial charge in [0.2, 0.25) is 0 Å². The van der Waals surface area contributed by atoms with Gasteiger partial charge < -0.3 is 15.4 Å². The summed E-state index contributed by atoms with van der Waals surface area (Å²) in [6.07, 6.45) is 0.908. The molecule has 3 heteroatoms. The highest BCUT2D eigenvalue weighted by atomic mass is 16.5. The Morgan fingerprint density at radius 3 is 2.40 bits per heavy atom. The number of benzene rings is 2. The molecule has 0 aromatic heterocycles. The van der Waals surface area contributed by atoms with Gasteiger partial charge in [0, 0.05) is 19.8 Å². The third-order valence-corrected chi connectivity index (χ3v) is 3.19. The van der Waals surface area contributed by atoms with Crippen LogP contribution >= 0.6 is 0 Å². The molecule has 0 radical (unpaired) electrons. The largest absolute Gasteiger partial charge is 0.489 e. The van der Waals surface area contributed by atoms with E-state index < -0.39 is 0 Å². The van der Waals surface area contributed by atoms with Gasteiger partial charge in [-0.3, -0.25) is 0 Å². The average Bonchev–Trinajstić information content (AvgIpc) is 2.47. The summed E-state index contributed by atoms with van der Waals surface area (Å²) in [7, 11) is 4.08. The standard InChI is InChI=1S/C17H22N2O/c1-19(2)16-5-3-4-15(12-16)13-20-17-8-6-14(7-9-17)10-11-18/h3-9,12H,10-11,13,18H2,1-2H3. The Kier molecular flexibility index (Phi) is 5.02. The van der Waals surface area contributed by atoms with Crippen molar-refractivity contribution in [1.29, 1.82) is 0 Å². The molecule has 20 heavy (non-hydrogen) atoms. The second-order valence-corrected chi connectivity index (χ2v) is 5.04. The number of nitrogens with zero attached hydrogens (tertiary/aromatic N) is 1. The van der Waals surface area contributed by atoms with Crippen LogP contribution in [0, 0.1) is 0 Å². The van der Waals surface area contributed by atoms with Gasteiger partial charge in [0.25, 0.3) is 0 Å². The van der Waals surface area contributed by atoms with Gasteiger partial charge >= 0.3 is 0 Å². The zero-order chi connectivity index (χ0) is 14.4. The van der Waals surface area contributed by atoms with Crippen molar-refractivity contribution in [2.75, 3.05) is 25.5 Å². The van der Waals surface area contributed by atoms with Crippen molar-refractivity contribution >= 4 is 5.69 Å². The summed E-state index contributed by atoms with van der Waals surface area (Å²) in [5, 5.41) is 0. The van der Waals surface area contributed by atoms with Crippen LogP contribution in [0.1, 0.15) is 11.1 Å². The van der Waals surface area contributed by atoms with E-state index in [2.05, 4.69) is 41.3 Å². The molecule has 2 rings (SSSR count). The summed E-state index contributed by atoms with van der Waals surface area (Å²) in [6.45, 7) is 1.26. The Labute approximate surface area is 121 Å². The van der Waals surface area contributed by atoms with Crippen LogP contribution < -0.4 is 15.4 Å². The summed E-state index contributed by atoms with van der Waals surface area (Å²) >= 11 is 0. The van der Waals surface area contributed by atoms with Gasteiger partial charge in [0.05, 0.1) is 0 Å². The lowest BCUT2D eigenvalue weighted by molar-refractivity contribution is 0.306. The number of anilines is 1. The van der Waals surface area contributed by atoms with Crippen molar-refractivity contribution in [2.24, 2.45) is 5.73 Å². The lowest BCUT2D eigenvalue weighted by Gasteiger charge is -2.14. The van der Waals surface area contributed by atoms with Crippen LogP contribution in [0.2, 0.25) is 0 Å². The smallest absolute Gasteiger partial charge is 0.119 e. The van der Waals surface area contributed by atoms with Crippen LogP contribution in [0.3, 0.4) is 0 Å². The molecule has 0 saturated heterocycles. The molecule has 2 aromatic carbocycles. The van der Waals surface area contributed by atoms with Crippen LogP contribution in [0.4, 0.5) is 5.69 Å². The minimum Gasteiger partial charge on any atom is -0.489 e. The summed E-state index contributed by atoms with van der Waals surface area (Å²) in [5.41, 5.74) is 9.13. The highest BCUT2D eigenvalue weighted by Gasteiger charge is 2.00. The van der Waals surface area contributed by atoms with E-state index in [1.165, 1.54) is 16.8 Å². The van der Waals surface area contributed by atoms with Crippen LogP contribution in [-0.4, -0.2) is 20.6 Å². The summed E-state index contributed by atoms with van der Waals surface area (Å²) < 4.78 is 5.81. The Hall–Kier alpha value is -2.00. The molecule has 0 fully saturated rings. The van der Waals surface area contributed by atoms with Crippen LogP contribution in [0.25, 0.3) is 0 Å². The molecule has 0 aliphatic rings. The van der Waals surface area contributed by atoms with Crippen molar-refractivity contribution in [3.8, 4) is 5.75 Å². The molecular formula is C17H22N2O. The first kappa shape index (κ1) is 14.4. The molecule has 0 amide bonds. The maximum atomic E-state index is 5.81. The van der Waals surface area contributed by atoms with E-state index in [0.29, 0.717) is 13.2 Å². The SMILES string of the molecule is CN(C)c1cccc(COc2ccc(CCN)cc2)c1. The monoisotopic (exact) mass is 270 g/mol. The fourth-order valence-electron chi connectivity index (χ4n) is 2.01. The summed E-state index contributed by atoms with van der Waals surface area (Å²) in [4.78, 5) is 2.09. The van der Waals surface area contributed by atoms with Gasteiger partial charge in [0.15, 0.2) is 0 Å². The van der Waals surface area contributed by atoms with Crippen molar-refractivity contribution in [3.63, 3.8) is 0 Å². The van der Waals surface area contributed by atoms with Gasteiger partial charge in [0.1, 0.15) is 12.4 Å². The van der Waals surface area contributed by atoms with Gasteiger partial charge in [-0.05, 0) is 48.4 Å². The third-order valence-electron chi connectivity index (χ3n) is 3.19. The molecule has 3 nitrogen and oxygen atoms in total. The van der Waals surface area contributed by atoms with E-state index in [4.69, 9.17) is 10.5 Å². The average molecular weight is 270 g/mol. The third kappa shape index (κ3) is 4.00. The maximum absolute atomic E-state index is 5.81. The number of hydrogen-bond acceptors (Lipinski definition) is 3. The first-order valence-electron chi connectivity index (χ1n) is 6.87. The molecule has 0 spiro atoms. The molecule has 106 valence electrons. The normalized spacial score (nSPS) is 10.3. The van der Waals surface area contributed by atoms with Crippen molar-refractivity contribution in [2.45, 2.75) is 13.0 Å². The van der Waals surface area contributed by atoms with Gasteiger partial charge in [-0.1, -0.05) is 24.3 Å². The van der Waals surface area contributed by atoms with E-state index in [0.717, 1.165) is 12.2 Å². The number of nitrogens with two attached hydrogens (primary N) is 1. The minimum absolute atomic E-state index is 0.581. The molecule has 0 aliphatic carbocycles. The maximum Gasteiger partial charge on any atom is 0.119 e. The summed E-state index contributed by atoms with van der Waals surface area (Å²) in [6, 6.07) is 16.5. The van der Waals surface area contributed by atoms with Crippen LogP contribution in [0.5, 0.6) is 5.75 Å². The lowest BCUT2D eigenvalue weighted by Crippen LogP contribution is -2.09. The van der Waals surface area contributed by atoms with Gasteiger partial charge in [-0.15, -0.1) is 0 Å². The van der Waals surface area contributed by atoms with Gasteiger partial charge in [-0.25, -0.2) is 0 Å². The number of rotatable bonds is 6. The van der Waals surface area contributed by atoms with E-state index >= 15 is 0 Å². The molecule has 0 heterocycles. The van der Waals surface area contributed by atoms with E-state index in [1.54, 1.807) is 0 Å². The molecule has 2 N–H and O–H groups in total. The highest BCUT2D eigenvalue weighted by Crippen LogP contribution is 2.17.